The predicted octanol–water partition coefficient (Wildman–Crippen LogP) is 2.49. The topological polar surface area (TPSA) is 93.1 Å². The fourth-order valence-electron chi connectivity index (χ4n) is 2.85. The molecule has 2 aromatic carbocycles. The predicted molar refractivity (Wildman–Crippen MR) is 111 cm³/mol. The molecule has 0 aliphatic heterocycles. The Morgan fingerprint density at radius 1 is 1.14 bits per heavy atom. The molecule has 29 heavy (non-hydrogen) atoms. The van der Waals surface area contributed by atoms with Crippen molar-refractivity contribution in [2.24, 2.45) is 0 Å². The van der Waals surface area contributed by atoms with Gasteiger partial charge in [-0.1, -0.05) is 36.4 Å². The van der Waals surface area contributed by atoms with E-state index in [-0.39, 0.29) is 17.3 Å². The zero-order chi connectivity index (χ0) is 20.7. The number of nitrogens with one attached hydrogen (secondary N) is 2. The summed E-state index contributed by atoms with van der Waals surface area (Å²) in [7, 11) is -3.73. The van der Waals surface area contributed by atoms with Gasteiger partial charge in [-0.05, 0) is 36.6 Å². The van der Waals surface area contributed by atoms with Crippen LogP contribution in [0.2, 0.25) is 0 Å². The van der Waals surface area contributed by atoms with Crippen molar-refractivity contribution < 1.29 is 13.2 Å². The average molecular weight is 413 g/mol. The highest BCUT2D eigenvalue weighted by Crippen LogP contribution is 2.16. The minimum absolute atomic E-state index is 0.0718. The molecule has 0 radical (unpaired) electrons. The summed E-state index contributed by atoms with van der Waals surface area (Å²) in [6.45, 7) is 3.21. The molecular weight excluding hydrogens is 388 g/mol. The molecule has 3 aromatic rings. The highest BCUT2D eigenvalue weighted by Gasteiger charge is 2.18. The van der Waals surface area contributed by atoms with Gasteiger partial charge in [0.25, 0.3) is 5.91 Å². The molecule has 0 bridgehead atoms. The maximum atomic E-state index is 12.6. The number of carbonyl (C=O) groups is 1. The normalized spacial score (nSPS) is 11.3. The van der Waals surface area contributed by atoms with Crippen molar-refractivity contribution in [3.8, 4) is 0 Å². The molecule has 0 aliphatic carbocycles. The van der Waals surface area contributed by atoms with Crippen LogP contribution >= 0.6 is 0 Å². The van der Waals surface area contributed by atoms with Gasteiger partial charge in [-0.15, -0.1) is 0 Å². The Morgan fingerprint density at radius 2 is 1.93 bits per heavy atom. The fourth-order valence-corrected chi connectivity index (χ4v) is 3.89. The molecule has 7 nitrogen and oxygen atoms in total. The molecular formula is C21H24N4O3S. The number of imidazole rings is 1. The van der Waals surface area contributed by atoms with Crippen molar-refractivity contribution in [2.45, 2.75) is 31.3 Å². The van der Waals surface area contributed by atoms with Crippen LogP contribution in [0.25, 0.3) is 0 Å². The Labute approximate surface area is 170 Å². The number of rotatable bonds is 9. The van der Waals surface area contributed by atoms with Crippen LogP contribution < -0.4 is 10.0 Å². The van der Waals surface area contributed by atoms with Crippen molar-refractivity contribution in [3.05, 3.63) is 83.9 Å². The Bertz CT molecular complexity index is 1050. The zero-order valence-electron chi connectivity index (χ0n) is 16.2. The maximum Gasteiger partial charge on any atom is 0.251 e. The van der Waals surface area contributed by atoms with Gasteiger partial charge in [0.2, 0.25) is 10.0 Å². The number of hydrogen-bond acceptors (Lipinski definition) is 4. The van der Waals surface area contributed by atoms with Gasteiger partial charge in [-0.25, -0.2) is 18.1 Å². The Hall–Kier alpha value is -2.97. The monoisotopic (exact) mass is 412 g/mol. The molecule has 8 heteroatoms. The SMILES string of the molecule is Cc1ccc(S(=O)(=O)NCc2ccccc2)cc1C(=O)NCCCn1ccnc1. The van der Waals surface area contributed by atoms with Crippen molar-refractivity contribution in [3.63, 3.8) is 0 Å². The standard InChI is InChI=1S/C21H24N4O3S/c1-17-8-9-19(29(27,28)24-15-18-6-3-2-4-7-18)14-20(17)21(26)23-10-5-12-25-13-11-22-16-25/h2-4,6-9,11,13-14,16,24H,5,10,12,15H2,1H3,(H,23,26). The molecule has 0 saturated heterocycles. The molecule has 1 amide bonds. The first-order valence-electron chi connectivity index (χ1n) is 9.34. The first-order chi connectivity index (χ1) is 14.0. The summed E-state index contributed by atoms with van der Waals surface area (Å²) in [5.41, 5.74) is 1.94. The van der Waals surface area contributed by atoms with E-state index in [0.717, 1.165) is 24.1 Å². The van der Waals surface area contributed by atoms with Crippen LogP contribution in [0.1, 0.15) is 27.9 Å². The lowest BCUT2D eigenvalue weighted by Crippen LogP contribution is -2.27. The van der Waals surface area contributed by atoms with Gasteiger partial charge < -0.3 is 9.88 Å². The second-order valence-corrected chi connectivity index (χ2v) is 8.46. The molecule has 0 spiro atoms. The van der Waals surface area contributed by atoms with Gasteiger partial charge in [0.15, 0.2) is 0 Å². The lowest BCUT2D eigenvalue weighted by Gasteiger charge is -2.11. The summed E-state index contributed by atoms with van der Waals surface area (Å²) in [5.74, 6) is -0.284. The van der Waals surface area contributed by atoms with Gasteiger partial charge in [0, 0.05) is 37.6 Å². The minimum atomic E-state index is -3.73. The van der Waals surface area contributed by atoms with Gasteiger partial charge in [-0.3, -0.25) is 4.79 Å². The number of aryl methyl sites for hydroxylation is 2. The van der Waals surface area contributed by atoms with Gasteiger partial charge in [0.1, 0.15) is 0 Å². The molecule has 152 valence electrons. The summed E-state index contributed by atoms with van der Waals surface area (Å²) in [6, 6.07) is 13.9. The Morgan fingerprint density at radius 3 is 2.66 bits per heavy atom. The third-order valence-electron chi connectivity index (χ3n) is 4.51. The Balaban J connectivity index is 1.62. The zero-order valence-corrected chi connectivity index (χ0v) is 17.0. The molecule has 0 atom stereocenters. The van der Waals surface area contributed by atoms with Gasteiger partial charge in [0.05, 0.1) is 11.2 Å². The third-order valence-corrected chi connectivity index (χ3v) is 5.91. The quantitative estimate of drug-likeness (QED) is 0.528. The summed E-state index contributed by atoms with van der Waals surface area (Å²) in [6.07, 6.45) is 6.04. The highest BCUT2D eigenvalue weighted by molar-refractivity contribution is 7.89. The number of hydrogen-bond donors (Lipinski definition) is 2. The van der Waals surface area contributed by atoms with E-state index in [4.69, 9.17) is 0 Å². The first-order valence-corrected chi connectivity index (χ1v) is 10.8. The second kappa shape index (κ2) is 9.49. The van der Waals surface area contributed by atoms with Crippen LogP contribution in [0.15, 0.2) is 72.1 Å². The van der Waals surface area contributed by atoms with E-state index in [2.05, 4.69) is 15.0 Å². The summed E-state index contributed by atoms with van der Waals surface area (Å²) in [4.78, 5) is 16.6. The number of benzene rings is 2. The molecule has 0 aliphatic rings. The third kappa shape index (κ3) is 5.75. The van der Waals surface area contributed by atoms with Crippen molar-refractivity contribution in [2.75, 3.05) is 6.54 Å². The Kier molecular flexibility index (Phi) is 6.79. The van der Waals surface area contributed by atoms with Crippen LogP contribution in [0.4, 0.5) is 0 Å². The van der Waals surface area contributed by atoms with Gasteiger partial charge in [-0.2, -0.15) is 0 Å². The molecule has 0 unspecified atom stereocenters. The van der Waals surface area contributed by atoms with E-state index in [1.54, 1.807) is 25.5 Å². The lowest BCUT2D eigenvalue weighted by molar-refractivity contribution is 0.0952. The smallest absolute Gasteiger partial charge is 0.251 e. The van der Waals surface area contributed by atoms with Crippen LogP contribution in [0.3, 0.4) is 0 Å². The highest BCUT2D eigenvalue weighted by atomic mass is 32.2. The van der Waals surface area contributed by atoms with E-state index in [9.17, 15) is 13.2 Å². The number of amides is 1. The van der Waals surface area contributed by atoms with E-state index in [1.165, 1.54) is 12.1 Å². The maximum absolute atomic E-state index is 12.6. The van der Waals surface area contributed by atoms with Crippen LogP contribution in [0.5, 0.6) is 0 Å². The van der Waals surface area contributed by atoms with E-state index >= 15 is 0 Å². The second-order valence-electron chi connectivity index (χ2n) is 6.70. The van der Waals surface area contributed by atoms with Crippen LogP contribution in [0, 0.1) is 6.92 Å². The van der Waals surface area contributed by atoms with Crippen LogP contribution in [-0.4, -0.2) is 30.4 Å². The van der Waals surface area contributed by atoms with E-state index in [1.807, 2.05) is 41.1 Å². The van der Waals surface area contributed by atoms with Crippen LogP contribution in [-0.2, 0) is 23.1 Å². The van der Waals surface area contributed by atoms with Crippen molar-refractivity contribution in [1.29, 1.82) is 0 Å². The van der Waals surface area contributed by atoms with Crippen molar-refractivity contribution in [1.82, 2.24) is 19.6 Å². The molecule has 0 fully saturated rings. The van der Waals surface area contributed by atoms with E-state index < -0.39 is 10.0 Å². The number of sulfonamides is 1. The van der Waals surface area contributed by atoms with Crippen molar-refractivity contribution >= 4 is 15.9 Å². The average Bonchev–Trinajstić information content (AvgIpc) is 3.24. The largest absolute Gasteiger partial charge is 0.352 e. The lowest BCUT2D eigenvalue weighted by atomic mass is 10.1. The van der Waals surface area contributed by atoms with E-state index in [0.29, 0.717) is 12.1 Å². The molecule has 1 aromatic heterocycles. The number of aromatic nitrogens is 2. The summed E-state index contributed by atoms with van der Waals surface area (Å²) < 4.78 is 29.8. The van der Waals surface area contributed by atoms with Gasteiger partial charge >= 0.3 is 0 Å². The molecule has 2 N–H and O–H groups in total. The molecule has 0 saturated carbocycles. The fraction of sp³-hybridized carbons (Fsp3) is 0.238. The number of carbonyl (C=O) groups excluding carboxylic acids is 1. The molecule has 3 rings (SSSR count). The summed E-state index contributed by atoms with van der Waals surface area (Å²) >= 11 is 0. The summed E-state index contributed by atoms with van der Waals surface area (Å²) in [5, 5.41) is 2.85. The minimum Gasteiger partial charge on any atom is -0.352 e. The number of nitrogens with zero attached hydrogens (tertiary/aromatic N) is 2. The first kappa shape index (κ1) is 20.8. The molecule has 1 heterocycles.